The highest BCUT2D eigenvalue weighted by molar-refractivity contribution is 7.99. The molecule has 1 aromatic heterocycles. The third kappa shape index (κ3) is 3.76. The molecule has 0 spiro atoms. The minimum Gasteiger partial charge on any atom is -0.339 e. The maximum atomic E-state index is 5.55. The molecular weight excluding hydrogens is 270 g/mol. The quantitative estimate of drug-likeness (QED) is 0.872. The molecule has 1 fully saturated rings. The zero-order valence-electron chi connectivity index (χ0n) is 13.1. The highest BCUT2D eigenvalue weighted by Crippen LogP contribution is 2.34. The summed E-state index contributed by atoms with van der Waals surface area (Å²) in [6.45, 7) is 11.1. The Hall–Kier alpha value is -0.550. The van der Waals surface area contributed by atoms with E-state index in [1.54, 1.807) is 0 Å². The topological polar surface area (TPSA) is 51.0 Å². The van der Waals surface area contributed by atoms with Crippen molar-refractivity contribution in [3.05, 3.63) is 11.7 Å². The van der Waals surface area contributed by atoms with Crippen LogP contribution in [0.4, 0.5) is 0 Å². The van der Waals surface area contributed by atoms with Crippen molar-refractivity contribution in [1.82, 2.24) is 15.5 Å². The first-order chi connectivity index (χ1) is 9.54. The molecule has 1 aliphatic heterocycles. The van der Waals surface area contributed by atoms with Crippen molar-refractivity contribution in [1.29, 1.82) is 0 Å². The van der Waals surface area contributed by atoms with E-state index < -0.39 is 0 Å². The molecule has 114 valence electrons. The minimum atomic E-state index is -0.0420. The summed E-state index contributed by atoms with van der Waals surface area (Å²) in [6.07, 6.45) is 3.65. The predicted octanol–water partition coefficient (Wildman–Crippen LogP) is 3.38. The first kappa shape index (κ1) is 15.8. The second kappa shape index (κ2) is 6.94. The monoisotopic (exact) mass is 297 g/mol. The van der Waals surface area contributed by atoms with Gasteiger partial charge in [0.1, 0.15) is 0 Å². The molecule has 2 heterocycles. The molecule has 0 radical (unpaired) electrons. The lowest BCUT2D eigenvalue weighted by Gasteiger charge is -2.34. The van der Waals surface area contributed by atoms with Crippen LogP contribution in [0.25, 0.3) is 0 Å². The molecule has 0 amide bonds. The van der Waals surface area contributed by atoms with Crippen LogP contribution in [-0.2, 0) is 11.2 Å². The Bertz CT molecular complexity index is 413. The van der Waals surface area contributed by atoms with E-state index in [2.05, 4.69) is 43.2 Å². The van der Waals surface area contributed by atoms with Crippen molar-refractivity contribution < 1.29 is 4.52 Å². The molecule has 1 aliphatic rings. The first-order valence-electron chi connectivity index (χ1n) is 7.69. The Morgan fingerprint density at radius 1 is 1.50 bits per heavy atom. The molecular formula is C15H27N3OS. The van der Waals surface area contributed by atoms with Crippen molar-refractivity contribution in [2.45, 2.75) is 63.4 Å². The predicted molar refractivity (Wildman–Crippen MR) is 84.0 cm³/mol. The Morgan fingerprint density at radius 3 is 2.95 bits per heavy atom. The van der Waals surface area contributed by atoms with Gasteiger partial charge in [0, 0.05) is 10.7 Å². The van der Waals surface area contributed by atoms with Gasteiger partial charge in [0.15, 0.2) is 5.82 Å². The van der Waals surface area contributed by atoms with Gasteiger partial charge in [0.05, 0.1) is 5.75 Å². The molecule has 2 atom stereocenters. The molecule has 2 rings (SSSR count). The van der Waals surface area contributed by atoms with E-state index in [4.69, 9.17) is 4.52 Å². The van der Waals surface area contributed by atoms with Crippen LogP contribution in [-0.4, -0.2) is 28.5 Å². The van der Waals surface area contributed by atoms with Crippen LogP contribution in [0.15, 0.2) is 4.52 Å². The van der Waals surface area contributed by atoms with Crippen LogP contribution in [0.2, 0.25) is 0 Å². The van der Waals surface area contributed by atoms with Gasteiger partial charge in [-0.25, -0.2) is 0 Å². The highest BCUT2D eigenvalue weighted by atomic mass is 32.2. The Kier molecular flexibility index (Phi) is 5.49. The lowest BCUT2D eigenvalue weighted by molar-refractivity contribution is 0.196. The highest BCUT2D eigenvalue weighted by Gasteiger charge is 2.37. The fraction of sp³-hybridized carbons (Fsp3) is 0.867. The molecule has 1 saturated heterocycles. The van der Waals surface area contributed by atoms with E-state index in [1.807, 2.05) is 11.8 Å². The Balaban J connectivity index is 1.99. The molecule has 0 aliphatic carbocycles. The summed E-state index contributed by atoms with van der Waals surface area (Å²) in [5.74, 6) is 3.05. The summed E-state index contributed by atoms with van der Waals surface area (Å²) >= 11 is 1.89. The van der Waals surface area contributed by atoms with Gasteiger partial charge in [-0.15, -0.1) is 0 Å². The smallest absolute Gasteiger partial charge is 0.232 e. The van der Waals surface area contributed by atoms with E-state index in [1.165, 1.54) is 19.3 Å². The van der Waals surface area contributed by atoms with Gasteiger partial charge in [-0.1, -0.05) is 32.9 Å². The van der Waals surface area contributed by atoms with Crippen molar-refractivity contribution in [2.24, 2.45) is 5.92 Å². The van der Waals surface area contributed by atoms with E-state index in [-0.39, 0.29) is 5.41 Å². The molecule has 0 aromatic carbocycles. The Morgan fingerprint density at radius 2 is 2.30 bits per heavy atom. The normalized spacial score (nSPS) is 21.9. The number of hydrogen-bond acceptors (Lipinski definition) is 5. The number of thioether (sulfide) groups is 1. The van der Waals surface area contributed by atoms with E-state index in [9.17, 15) is 0 Å². The number of piperidine rings is 1. The molecule has 1 N–H and O–H groups in total. The van der Waals surface area contributed by atoms with Crippen LogP contribution < -0.4 is 5.32 Å². The zero-order chi connectivity index (χ0) is 14.6. The first-order valence-corrected chi connectivity index (χ1v) is 8.74. The number of nitrogens with one attached hydrogen (secondary N) is 1. The Labute approximate surface area is 126 Å². The lowest BCUT2D eigenvalue weighted by Crippen LogP contribution is -2.40. The summed E-state index contributed by atoms with van der Waals surface area (Å²) in [5.41, 5.74) is -0.0420. The van der Waals surface area contributed by atoms with Gasteiger partial charge in [-0.05, 0) is 38.3 Å². The molecule has 20 heavy (non-hydrogen) atoms. The maximum Gasteiger partial charge on any atom is 0.232 e. The SMILES string of the molecule is CCC(C)SCc1noc(C(C)(C)C2CCCNC2)n1. The second-order valence-corrected chi connectivity index (χ2v) is 7.74. The number of aromatic nitrogens is 2. The van der Waals surface area contributed by atoms with Crippen LogP contribution in [0.5, 0.6) is 0 Å². The number of rotatable bonds is 6. The molecule has 1 aromatic rings. The molecule has 0 saturated carbocycles. The molecule has 0 bridgehead atoms. The van der Waals surface area contributed by atoms with Crippen LogP contribution in [0, 0.1) is 5.92 Å². The van der Waals surface area contributed by atoms with Crippen LogP contribution in [0.3, 0.4) is 0 Å². The maximum absolute atomic E-state index is 5.55. The molecule has 2 unspecified atom stereocenters. The average molecular weight is 297 g/mol. The van der Waals surface area contributed by atoms with E-state index in [0.717, 1.165) is 30.6 Å². The largest absolute Gasteiger partial charge is 0.339 e. The fourth-order valence-corrected chi connectivity index (χ4v) is 3.34. The van der Waals surface area contributed by atoms with Crippen LogP contribution in [0.1, 0.15) is 58.7 Å². The fourth-order valence-electron chi connectivity index (χ4n) is 2.55. The van der Waals surface area contributed by atoms with Crippen molar-refractivity contribution in [3.8, 4) is 0 Å². The summed E-state index contributed by atoms with van der Waals surface area (Å²) < 4.78 is 5.55. The number of hydrogen-bond donors (Lipinski definition) is 1. The summed E-state index contributed by atoms with van der Waals surface area (Å²) in [5, 5.41) is 8.27. The van der Waals surface area contributed by atoms with Gasteiger partial charge >= 0.3 is 0 Å². The zero-order valence-corrected chi connectivity index (χ0v) is 13.9. The summed E-state index contributed by atoms with van der Waals surface area (Å²) in [6, 6.07) is 0. The molecule has 5 heteroatoms. The lowest BCUT2D eigenvalue weighted by atomic mass is 9.75. The average Bonchev–Trinajstić information content (AvgIpc) is 2.95. The van der Waals surface area contributed by atoms with Gasteiger partial charge in [0.2, 0.25) is 5.89 Å². The van der Waals surface area contributed by atoms with E-state index >= 15 is 0 Å². The van der Waals surface area contributed by atoms with Crippen molar-refractivity contribution >= 4 is 11.8 Å². The van der Waals surface area contributed by atoms with Gasteiger partial charge < -0.3 is 9.84 Å². The summed E-state index contributed by atoms with van der Waals surface area (Å²) in [7, 11) is 0. The third-order valence-corrected chi connectivity index (χ3v) is 5.74. The van der Waals surface area contributed by atoms with Crippen molar-refractivity contribution in [2.75, 3.05) is 13.1 Å². The summed E-state index contributed by atoms with van der Waals surface area (Å²) in [4.78, 5) is 4.64. The molecule has 4 nitrogen and oxygen atoms in total. The standard InChI is InChI=1S/C15H27N3OS/c1-5-11(2)20-10-13-17-14(19-18-13)15(3,4)12-7-6-8-16-9-12/h11-12,16H,5-10H2,1-4H3. The third-order valence-electron chi connectivity index (χ3n) is 4.41. The van der Waals surface area contributed by atoms with Gasteiger partial charge in [-0.3, -0.25) is 0 Å². The second-order valence-electron chi connectivity index (χ2n) is 6.31. The minimum absolute atomic E-state index is 0.0420. The van der Waals surface area contributed by atoms with E-state index in [0.29, 0.717) is 11.2 Å². The van der Waals surface area contributed by atoms with Crippen molar-refractivity contribution in [3.63, 3.8) is 0 Å². The van der Waals surface area contributed by atoms with Gasteiger partial charge in [0.25, 0.3) is 0 Å². The number of nitrogens with zero attached hydrogens (tertiary/aromatic N) is 2. The van der Waals surface area contributed by atoms with Crippen LogP contribution >= 0.6 is 11.8 Å². The van der Waals surface area contributed by atoms with Gasteiger partial charge in [-0.2, -0.15) is 16.7 Å².